The zero-order valence-corrected chi connectivity index (χ0v) is 16.0. The van der Waals surface area contributed by atoms with E-state index in [0.717, 1.165) is 22.2 Å². The summed E-state index contributed by atoms with van der Waals surface area (Å²) in [7, 11) is 0. The van der Waals surface area contributed by atoms with Crippen LogP contribution in [0.25, 0.3) is 10.9 Å². The van der Waals surface area contributed by atoms with E-state index in [1.165, 1.54) is 0 Å². The van der Waals surface area contributed by atoms with E-state index in [1.54, 1.807) is 0 Å². The highest BCUT2D eigenvalue weighted by molar-refractivity contribution is 5.80. The van der Waals surface area contributed by atoms with Crippen LogP contribution in [0.3, 0.4) is 0 Å². The van der Waals surface area contributed by atoms with Gasteiger partial charge in [-0.2, -0.15) is 0 Å². The number of aromatic nitrogens is 2. The standard InChI is InChI=1S/C20H30N2O/c1-18(2,3)14-10-13-12-21-16(19(4,5)6)11-15(13)22(17(14)23)20(7,8)9/h10-12H,1-9H3. The van der Waals surface area contributed by atoms with E-state index in [-0.39, 0.29) is 21.9 Å². The second kappa shape index (κ2) is 5.19. The van der Waals surface area contributed by atoms with Gasteiger partial charge in [-0.05, 0) is 38.3 Å². The fourth-order valence-corrected chi connectivity index (χ4v) is 2.82. The Morgan fingerprint density at radius 1 is 0.870 bits per heavy atom. The Kier molecular flexibility index (Phi) is 3.99. The van der Waals surface area contributed by atoms with Crippen LogP contribution in [0, 0.1) is 0 Å². The van der Waals surface area contributed by atoms with Crippen LogP contribution in [0.1, 0.15) is 73.6 Å². The minimum Gasteiger partial charge on any atom is -0.303 e. The van der Waals surface area contributed by atoms with E-state index in [1.807, 2.05) is 16.8 Å². The molecule has 0 amide bonds. The van der Waals surface area contributed by atoms with E-state index in [2.05, 4.69) is 73.4 Å². The molecule has 0 aliphatic heterocycles. The summed E-state index contributed by atoms with van der Waals surface area (Å²) < 4.78 is 1.93. The number of rotatable bonds is 0. The molecule has 0 aliphatic rings. The Morgan fingerprint density at radius 3 is 1.87 bits per heavy atom. The van der Waals surface area contributed by atoms with Crippen LogP contribution in [0.5, 0.6) is 0 Å². The molecule has 0 fully saturated rings. The molecule has 0 bridgehead atoms. The van der Waals surface area contributed by atoms with Crippen LogP contribution >= 0.6 is 0 Å². The molecule has 0 radical (unpaired) electrons. The van der Waals surface area contributed by atoms with Crippen LogP contribution in [-0.4, -0.2) is 9.55 Å². The first-order valence-electron chi connectivity index (χ1n) is 8.30. The maximum absolute atomic E-state index is 13.2. The summed E-state index contributed by atoms with van der Waals surface area (Å²) in [5.74, 6) is 0. The van der Waals surface area contributed by atoms with Crippen molar-refractivity contribution in [1.82, 2.24) is 9.55 Å². The molecule has 2 aromatic heterocycles. The highest BCUT2D eigenvalue weighted by atomic mass is 16.1. The molecule has 0 aliphatic carbocycles. The van der Waals surface area contributed by atoms with Crippen molar-refractivity contribution < 1.29 is 0 Å². The van der Waals surface area contributed by atoms with Crippen LogP contribution < -0.4 is 5.56 Å². The highest BCUT2D eigenvalue weighted by Gasteiger charge is 2.26. The lowest BCUT2D eigenvalue weighted by molar-refractivity contribution is 0.391. The van der Waals surface area contributed by atoms with Crippen molar-refractivity contribution in [3.05, 3.63) is 39.9 Å². The SMILES string of the molecule is CC(C)(C)c1cc2c(cn1)cc(C(C)(C)C)c(=O)n2C(C)(C)C. The maximum atomic E-state index is 13.2. The van der Waals surface area contributed by atoms with E-state index >= 15 is 0 Å². The Hall–Kier alpha value is -1.64. The Balaban J connectivity index is 2.98. The van der Waals surface area contributed by atoms with E-state index < -0.39 is 0 Å². The summed E-state index contributed by atoms with van der Waals surface area (Å²) in [5, 5.41) is 1.03. The van der Waals surface area contributed by atoms with Gasteiger partial charge in [-0.3, -0.25) is 9.78 Å². The van der Waals surface area contributed by atoms with Crippen LogP contribution in [0.4, 0.5) is 0 Å². The van der Waals surface area contributed by atoms with Crippen LogP contribution in [-0.2, 0) is 16.4 Å². The molecule has 3 nitrogen and oxygen atoms in total. The van der Waals surface area contributed by atoms with Gasteiger partial charge in [0.2, 0.25) is 0 Å². The van der Waals surface area contributed by atoms with Crippen LogP contribution in [0.15, 0.2) is 23.1 Å². The van der Waals surface area contributed by atoms with Gasteiger partial charge in [0.05, 0.1) is 5.52 Å². The summed E-state index contributed by atoms with van der Waals surface area (Å²) in [6.45, 7) is 18.9. The maximum Gasteiger partial charge on any atom is 0.255 e. The predicted molar refractivity (Wildman–Crippen MR) is 98.4 cm³/mol. The highest BCUT2D eigenvalue weighted by Crippen LogP contribution is 2.29. The summed E-state index contributed by atoms with van der Waals surface area (Å²) in [6.07, 6.45) is 1.91. The second-order valence-corrected chi connectivity index (χ2v) is 9.50. The molecule has 3 heteroatoms. The Bertz CT molecular complexity index is 794. The molecule has 2 rings (SSSR count). The quantitative estimate of drug-likeness (QED) is 0.703. The summed E-state index contributed by atoms with van der Waals surface area (Å²) in [4.78, 5) is 17.8. The lowest BCUT2D eigenvalue weighted by Crippen LogP contribution is -2.38. The number of hydrogen-bond acceptors (Lipinski definition) is 2. The molecule has 0 unspecified atom stereocenters. The van der Waals surface area contributed by atoms with Gasteiger partial charge in [0.15, 0.2) is 0 Å². The van der Waals surface area contributed by atoms with Gasteiger partial charge in [0.1, 0.15) is 0 Å². The lowest BCUT2D eigenvalue weighted by Gasteiger charge is -2.29. The first kappa shape index (κ1) is 17.7. The molecule has 0 N–H and O–H groups in total. The second-order valence-electron chi connectivity index (χ2n) is 9.50. The number of nitrogens with zero attached hydrogens (tertiary/aromatic N) is 2. The monoisotopic (exact) mass is 314 g/mol. The third kappa shape index (κ3) is 3.34. The average Bonchev–Trinajstić information content (AvgIpc) is 2.33. The number of pyridine rings is 2. The van der Waals surface area contributed by atoms with Gasteiger partial charge in [-0.1, -0.05) is 41.5 Å². The molecule has 0 atom stereocenters. The van der Waals surface area contributed by atoms with Gasteiger partial charge in [-0.25, -0.2) is 0 Å². The Morgan fingerprint density at radius 2 is 1.43 bits per heavy atom. The molecule has 0 saturated heterocycles. The van der Waals surface area contributed by atoms with Crippen molar-refractivity contribution in [2.75, 3.05) is 0 Å². The number of hydrogen-bond donors (Lipinski definition) is 0. The minimum absolute atomic E-state index is 0.0460. The van der Waals surface area contributed by atoms with Crippen molar-refractivity contribution >= 4 is 10.9 Å². The third-order valence-electron chi connectivity index (χ3n) is 4.13. The van der Waals surface area contributed by atoms with Gasteiger partial charge >= 0.3 is 0 Å². The van der Waals surface area contributed by atoms with Gasteiger partial charge in [0, 0.05) is 33.8 Å². The summed E-state index contributed by atoms with van der Waals surface area (Å²) >= 11 is 0. The summed E-state index contributed by atoms with van der Waals surface area (Å²) in [6, 6.07) is 4.09. The Labute approximate surface area is 139 Å². The molecule has 2 heterocycles. The molecule has 0 aromatic carbocycles. The van der Waals surface area contributed by atoms with E-state index in [0.29, 0.717) is 0 Å². The molecule has 0 saturated carbocycles. The normalized spacial score (nSPS) is 13.6. The first-order chi connectivity index (χ1) is 10.2. The van der Waals surface area contributed by atoms with Crippen molar-refractivity contribution in [1.29, 1.82) is 0 Å². The van der Waals surface area contributed by atoms with E-state index in [9.17, 15) is 4.79 Å². The van der Waals surface area contributed by atoms with Gasteiger partial charge in [-0.15, -0.1) is 0 Å². The van der Waals surface area contributed by atoms with Gasteiger partial charge < -0.3 is 4.57 Å². The molecule has 23 heavy (non-hydrogen) atoms. The zero-order valence-electron chi connectivity index (χ0n) is 16.0. The fraction of sp³-hybridized carbons (Fsp3) is 0.600. The molecule has 126 valence electrons. The minimum atomic E-state index is -0.285. The van der Waals surface area contributed by atoms with Crippen molar-refractivity contribution in [3.8, 4) is 0 Å². The smallest absolute Gasteiger partial charge is 0.255 e. The summed E-state index contributed by atoms with van der Waals surface area (Å²) in [5.41, 5.74) is 2.39. The van der Waals surface area contributed by atoms with Crippen molar-refractivity contribution in [2.24, 2.45) is 0 Å². The fourth-order valence-electron chi connectivity index (χ4n) is 2.82. The topological polar surface area (TPSA) is 34.9 Å². The lowest BCUT2D eigenvalue weighted by atomic mass is 9.86. The van der Waals surface area contributed by atoms with E-state index in [4.69, 9.17) is 0 Å². The number of fused-ring (bicyclic) bond motifs is 1. The molecular formula is C20H30N2O. The largest absolute Gasteiger partial charge is 0.303 e. The van der Waals surface area contributed by atoms with Crippen molar-refractivity contribution in [2.45, 2.75) is 78.7 Å². The van der Waals surface area contributed by atoms with Crippen molar-refractivity contribution in [3.63, 3.8) is 0 Å². The third-order valence-corrected chi connectivity index (χ3v) is 4.13. The zero-order chi connectivity index (χ0) is 17.8. The predicted octanol–water partition coefficient (Wildman–Crippen LogP) is 4.75. The molecular weight excluding hydrogens is 284 g/mol. The first-order valence-corrected chi connectivity index (χ1v) is 8.30. The van der Waals surface area contributed by atoms with Gasteiger partial charge in [0.25, 0.3) is 5.56 Å². The average molecular weight is 314 g/mol. The molecule has 0 spiro atoms. The molecule has 2 aromatic rings. The van der Waals surface area contributed by atoms with Crippen LogP contribution in [0.2, 0.25) is 0 Å².